The van der Waals surface area contributed by atoms with Crippen LogP contribution in [0, 0.1) is 17.1 Å². The summed E-state index contributed by atoms with van der Waals surface area (Å²) in [6.45, 7) is 5.27. The van der Waals surface area contributed by atoms with Gasteiger partial charge in [0.25, 0.3) is 0 Å². The first kappa shape index (κ1) is 21.4. The van der Waals surface area contributed by atoms with Crippen molar-refractivity contribution in [2.24, 2.45) is 0 Å². The van der Waals surface area contributed by atoms with Gasteiger partial charge in [-0.3, -0.25) is 4.90 Å². The number of carbonyl (C=O) groups is 1. The number of amides is 2. The van der Waals surface area contributed by atoms with Gasteiger partial charge in [-0.25, -0.2) is 9.18 Å². The van der Waals surface area contributed by atoms with E-state index in [4.69, 9.17) is 10.00 Å². The van der Waals surface area contributed by atoms with Crippen LogP contribution in [0.5, 0.6) is 5.75 Å². The minimum atomic E-state index is -0.221. The molecule has 1 aliphatic heterocycles. The Bertz CT molecular complexity index is 861. The molecule has 1 fully saturated rings. The van der Waals surface area contributed by atoms with Gasteiger partial charge in [-0.2, -0.15) is 5.26 Å². The Morgan fingerprint density at radius 3 is 2.60 bits per heavy atom. The number of nitrogens with one attached hydrogen (secondary N) is 2. The third-order valence-corrected chi connectivity index (χ3v) is 4.93. The number of hydrogen-bond acceptors (Lipinski definition) is 5. The molecular weight excluding hydrogens is 385 g/mol. The molecule has 1 saturated heterocycles. The number of urea groups is 1. The van der Waals surface area contributed by atoms with Crippen molar-refractivity contribution >= 4 is 11.7 Å². The molecule has 30 heavy (non-hydrogen) atoms. The van der Waals surface area contributed by atoms with E-state index in [-0.39, 0.29) is 18.5 Å². The molecule has 7 nitrogen and oxygen atoms in total. The second kappa shape index (κ2) is 11.0. The third-order valence-electron chi connectivity index (χ3n) is 4.93. The number of hydrogen-bond donors (Lipinski definition) is 2. The van der Waals surface area contributed by atoms with Crippen LogP contribution in [-0.4, -0.2) is 56.8 Å². The molecule has 2 N–H and O–H groups in total. The molecule has 0 radical (unpaired) electrons. The second-order valence-electron chi connectivity index (χ2n) is 7.01. The van der Waals surface area contributed by atoms with E-state index in [0.717, 1.165) is 44.0 Å². The zero-order valence-electron chi connectivity index (χ0n) is 16.8. The molecule has 158 valence electrons. The van der Waals surface area contributed by atoms with Gasteiger partial charge in [-0.1, -0.05) is 12.1 Å². The quantitative estimate of drug-likeness (QED) is 0.697. The molecule has 0 atom stereocenters. The topological polar surface area (TPSA) is 80.6 Å². The van der Waals surface area contributed by atoms with Gasteiger partial charge in [-0.15, -0.1) is 0 Å². The van der Waals surface area contributed by atoms with E-state index in [1.807, 2.05) is 30.3 Å². The molecule has 1 aliphatic rings. The summed E-state index contributed by atoms with van der Waals surface area (Å²) in [6.07, 6.45) is 0. The highest BCUT2D eigenvalue weighted by atomic mass is 19.1. The summed E-state index contributed by atoms with van der Waals surface area (Å²) in [5, 5.41) is 14.3. The van der Waals surface area contributed by atoms with Crippen molar-refractivity contribution in [1.82, 2.24) is 15.5 Å². The lowest BCUT2D eigenvalue weighted by Gasteiger charge is -2.36. The lowest BCUT2D eigenvalue weighted by molar-refractivity contribution is 0.231. The number of ether oxygens (including phenoxy) is 1. The van der Waals surface area contributed by atoms with Gasteiger partial charge in [0.05, 0.1) is 0 Å². The standard InChI is InChI=1S/C22H26FN5O2/c23-19-4-6-20(7-5-19)28-13-11-27(12-14-28)10-9-25-22(29)26-17-18-2-1-3-21(16-18)30-15-8-24/h1-7,16H,9-15,17H2,(H2,25,26,29). The average molecular weight is 411 g/mol. The molecule has 3 rings (SSSR count). The second-order valence-corrected chi connectivity index (χ2v) is 7.01. The van der Waals surface area contributed by atoms with Crippen molar-refractivity contribution in [2.45, 2.75) is 6.54 Å². The summed E-state index contributed by atoms with van der Waals surface area (Å²) in [6, 6.07) is 15.6. The van der Waals surface area contributed by atoms with E-state index in [9.17, 15) is 9.18 Å². The first-order valence-electron chi connectivity index (χ1n) is 9.97. The van der Waals surface area contributed by atoms with E-state index in [1.54, 1.807) is 12.1 Å². The lowest BCUT2D eigenvalue weighted by atomic mass is 10.2. The Morgan fingerprint density at radius 1 is 1.10 bits per heavy atom. The maximum atomic E-state index is 13.1. The number of nitrogens with zero attached hydrogens (tertiary/aromatic N) is 3. The number of rotatable bonds is 8. The van der Waals surface area contributed by atoms with Gasteiger partial charge in [0.1, 0.15) is 17.6 Å². The first-order valence-corrected chi connectivity index (χ1v) is 9.97. The van der Waals surface area contributed by atoms with Crippen LogP contribution < -0.4 is 20.3 Å². The number of piperazine rings is 1. The minimum Gasteiger partial charge on any atom is -0.479 e. The Morgan fingerprint density at radius 2 is 1.87 bits per heavy atom. The Hall–Kier alpha value is -3.31. The van der Waals surface area contributed by atoms with E-state index < -0.39 is 0 Å². The maximum absolute atomic E-state index is 13.1. The van der Waals surface area contributed by atoms with Crippen LogP contribution >= 0.6 is 0 Å². The average Bonchev–Trinajstić information content (AvgIpc) is 2.78. The van der Waals surface area contributed by atoms with Crippen LogP contribution in [0.4, 0.5) is 14.9 Å². The Labute approximate surface area is 176 Å². The predicted octanol–water partition coefficient (Wildman–Crippen LogP) is 2.35. The van der Waals surface area contributed by atoms with Crippen LogP contribution in [-0.2, 0) is 6.54 Å². The molecule has 1 heterocycles. The summed E-state index contributed by atoms with van der Waals surface area (Å²) in [5.41, 5.74) is 1.94. The minimum absolute atomic E-state index is 0.00444. The fraction of sp³-hybridized carbons (Fsp3) is 0.364. The summed E-state index contributed by atoms with van der Waals surface area (Å²) < 4.78 is 18.3. The molecule has 2 aromatic rings. The van der Waals surface area contributed by atoms with Gasteiger partial charge >= 0.3 is 6.03 Å². The predicted molar refractivity (Wildman–Crippen MR) is 113 cm³/mol. The van der Waals surface area contributed by atoms with Crippen LogP contribution in [0.1, 0.15) is 5.56 Å². The summed E-state index contributed by atoms with van der Waals surface area (Å²) >= 11 is 0. The molecule has 0 saturated carbocycles. The van der Waals surface area contributed by atoms with Gasteiger partial charge < -0.3 is 20.3 Å². The molecule has 0 aromatic heterocycles. The van der Waals surface area contributed by atoms with Crippen molar-refractivity contribution in [3.8, 4) is 11.8 Å². The SMILES string of the molecule is N#CCOc1cccc(CNC(=O)NCCN2CCN(c3ccc(F)cc3)CC2)c1. The van der Waals surface area contributed by atoms with Gasteiger partial charge in [0, 0.05) is 51.5 Å². The van der Waals surface area contributed by atoms with Crippen molar-refractivity contribution in [2.75, 3.05) is 50.8 Å². The van der Waals surface area contributed by atoms with E-state index in [1.165, 1.54) is 12.1 Å². The highest BCUT2D eigenvalue weighted by molar-refractivity contribution is 5.73. The van der Waals surface area contributed by atoms with E-state index >= 15 is 0 Å². The molecule has 0 unspecified atom stereocenters. The van der Waals surface area contributed by atoms with Gasteiger partial charge in [0.15, 0.2) is 6.61 Å². The Balaban J connectivity index is 1.31. The molecule has 2 amide bonds. The molecule has 8 heteroatoms. The number of halogens is 1. The fourth-order valence-electron chi connectivity index (χ4n) is 3.31. The van der Waals surface area contributed by atoms with Crippen molar-refractivity contribution in [3.05, 3.63) is 59.9 Å². The summed E-state index contributed by atoms with van der Waals surface area (Å²) in [5.74, 6) is 0.387. The van der Waals surface area contributed by atoms with E-state index in [2.05, 4.69) is 20.4 Å². The number of anilines is 1. The lowest BCUT2D eigenvalue weighted by Crippen LogP contribution is -2.49. The highest BCUT2D eigenvalue weighted by Crippen LogP contribution is 2.16. The van der Waals surface area contributed by atoms with Crippen LogP contribution in [0.25, 0.3) is 0 Å². The van der Waals surface area contributed by atoms with Crippen LogP contribution in [0.3, 0.4) is 0 Å². The van der Waals surface area contributed by atoms with Gasteiger partial charge in [-0.05, 0) is 42.0 Å². The number of benzene rings is 2. The molecule has 2 aromatic carbocycles. The first-order chi connectivity index (χ1) is 14.6. The molecular formula is C22H26FN5O2. The van der Waals surface area contributed by atoms with Crippen molar-refractivity contribution in [3.63, 3.8) is 0 Å². The highest BCUT2D eigenvalue weighted by Gasteiger charge is 2.17. The number of nitriles is 1. The van der Waals surface area contributed by atoms with E-state index in [0.29, 0.717) is 18.8 Å². The summed E-state index contributed by atoms with van der Waals surface area (Å²) in [7, 11) is 0. The third kappa shape index (κ3) is 6.64. The van der Waals surface area contributed by atoms with Crippen molar-refractivity contribution in [1.29, 1.82) is 5.26 Å². The van der Waals surface area contributed by atoms with Crippen LogP contribution in [0.2, 0.25) is 0 Å². The molecule has 0 aliphatic carbocycles. The molecule has 0 spiro atoms. The van der Waals surface area contributed by atoms with Gasteiger partial charge in [0.2, 0.25) is 0 Å². The Kier molecular flexibility index (Phi) is 7.86. The summed E-state index contributed by atoms with van der Waals surface area (Å²) in [4.78, 5) is 16.6. The normalized spacial score (nSPS) is 14.1. The largest absolute Gasteiger partial charge is 0.479 e. The zero-order chi connectivity index (χ0) is 21.2. The van der Waals surface area contributed by atoms with Crippen LogP contribution in [0.15, 0.2) is 48.5 Å². The maximum Gasteiger partial charge on any atom is 0.315 e. The monoisotopic (exact) mass is 411 g/mol. The fourth-order valence-corrected chi connectivity index (χ4v) is 3.31. The molecule has 0 bridgehead atoms. The number of carbonyl (C=O) groups excluding carboxylic acids is 1. The zero-order valence-corrected chi connectivity index (χ0v) is 16.8. The smallest absolute Gasteiger partial charge is 0.315 e. The van der Waals surface area contributed by atoms with Crippen molar-refractivity contribution < 1.29 is 13.9 Å².